The van der Waals surface area contributed by atoms with Gasteiger partial charge >= 0.3 is 0 Å². The third kappa shape index (κ3) is 3.43. The van der Waals surface area contributed by atoms with Crippen molar-refractivity contribution in [2.45, 2.75) is 20.3 Å². The maximum atomic E-state index is 13.0. The highest BCUT2D eigenvalue weighted by Gasteiger charge is 2.38. The van der Waals surface area contributed by atoms with Gasteiger partial charge in [0, 0.05) is 25.2 Å². The van der Waals surface area contributed by atoms with Crippen molar-refractivity contribution in [2.24, 2.45) is 5.92 Å². The van der Waals surface area contributed by atoms with E-state index in [1.807, 2.05) is 62.4 Å². The van der Waals surface area contributed by atoms with Gasteiger partial charge in [-0.1, -0.05) is 24.3 Å². The second-order valence-corrected chi connectivity index (χ2v) is 6.50. The highest BCUT2D eigenvalue weighted by atomic mass is 16.5. The number of carbonyl (C=O) groups is 2. The van der Waals surface area contributed by atoms with E-state index in [-0.39, 0.29) is 24.2 Å². The van der Waals surface area contributed by atoms with Crippen LogP contribution >= 0.6 is 0 Å². The first-order valence-electron chi connectivity index (χ1n) is 8.86. The third-order valence-electron chi connectivity index (χ3n) is 4.75. The van der Waals surface area contributed by atoms with Gasteiger partial charge in [-0.15, -0.1) is 0 Å². The van der Waals surface area contributed by atoms with Crippen LogP contribution in [0.25, 0.3) is 0 Å². The number of anilines is 2. The van der Waals surface area contributed by atoms with Crippen molar-refractivity contribution in [3.63, 3.8) is 0 Å². The number of carbonyl (C=O) groups excluding carboxylic acids is 2. The van der Waals surface area contributed by atoms with Gasteiger partial charge in [-0.3, -0.25) is 9.59 Å². The molecule has 136 valence electrons. The van der Waals surface area contributed by atoms with Crippen molar-refractivity contribution in [3.05, 3.63) is 54.1 Å². The molecule has 2 aromatic rings. The summed E-state index contributed by atoms with van der Waals surface area (Å²) in [6, 6.07) is 15.3. The summed E-state index contributed by atoms with van der Waals surface area (Å²) in [6.07, 6.45) is 0.221. The fraction of sp³-hybridized carbons (Fsp3) is 0.333. The second-order valence-electron chi connectivity index (χ2n) is 6.50. The van der Waals surface area contributed by atoms with Gasteiger partial charge in [-0.05, 0) is 43.7 Å². The van der Waals surface area contributed by atoms with E-state index in [2.05, 4.69) is 0 Å². The van der Waals surface area contributed by atoms with Crippen molar-refractivity contribution >= 4 is 23.2 Å². The lowest BCUT2D eigenvalue weighted by Gasteiger charge is -2.25. The average molecular weight is 352 g/mol. The zero-order valence-corrected chi connectivity index (χ0v) is 15.4. The number of methoxy groups -OCH3 is 1. The minimum atomic E-state index is -0.354. The lowest BCUT2D eigenvalue weighted by molar-refractivity contribution is -0.124. The van der Waals surface area contributed by atoms with Crippen molar-refractivity contribution < 1.29 is 14.3 Å². The van der Waals surface area contributed by atoms with Crippen LogP contribution in [0.3, 0.4) is 0 Å². The van der Waals surface area contributed by atoms with E-state index >= 15 is 0 Å². The molecule has 0 saturated carbocycles. The molecule has 1 saturated heterocycles. The SMILES string of the molecule is CCN(C(=O)C1CC(=O)N(c2cc(C)ccc2OC)C1)c1ccccc1. The van der Waals surface area contributed by atoms with E-state index in [9.17, 15) is 9.59 Å². The summed E-state index contributed by atoms with van der Waals surface area (Å²) in [5.74, 6) is 0.234. The largest absolute Gasteiger partial charge is 0.495 e. The van der Waals surface area contributed by atoms with Crippen molar-refractivity contribution in [1.82, 2.24) is 0 Å². The maximum Gasteiger partial charge on any atom is 0.232 e. The van der Waals surface area contributed by atoms with Gasteiger partial charge in [-0.2, -0.15) is 0 Å². The molecule has 26 heavy (non-hydrogen) atoms. The Hall–Kier alpha value is -2.82. The molecular weight excluding hydrogens is 328 g/mol. The second kappa shape index (κ2) is 7.60. The molecule has 3 rings (SSSR count). The molecule has 1 fully saturated rings. The summed E-state index contributed by atoms with van der Waals surface area (Å²) >= 11 is 0. The first-order chi connectivity index (χ1) is 12.5. The molecule has 1 aliphatic rings. The van der Waals surface area contributed by atoms with Gasteiger partial charge in [0.2, 0.25) is 11.8 Å². The van der Waals surface area contributed by atoms with Crippen molar-refractivity contribution in [2.75, 3.05) is 30.0 Å². The van der Waals surface area contributed by atoms with Crippen LogP contribution in [-0.2, 0) is 9.59 Å². The molecule has 2 aromatic carbocycles. The molecule has 1 unspecified atom stereocenters. The maximum absolute atomic E-state index is 13.0. The van der Waals surface area contributed by atoms with Crippen LogP contribution in [0.15, 0.2) is 48.5 Å². The normalized spacial score (nSPS) is 16.7. The zero-order chi connectivity index (χ0) is 18.7. The van der Waals surface area contributed by atoms with E-state index in [0.717, 1.165) is 16.9 Å². The topological polar surface area (TPSA) is 49.9 Å². The summed E-state index contributed by atoms with van der Waals surface area (Å²) in [5, 5.41) is 0. The Labute approximate surface area is 154 Å². The van der Waals surface area contributed by atoms with E-state index in [4.69, 9.17) is 4.74 Å². The molecule has 5 heteroatoms. The zero-order valence-electron chi connectivity index (χ0n) is 15.4. The molecule has 0 radical (unpaired) electrons. The number of aryl methyl sites for hydroxylation is 1. The minimum Gasteiger partial charge on any atom is -0.495 e. The predicted octanol–water partition coefficient (Wildman–Crippen LogP) is 3.41. The molecule has 1 aliphatic heterocycles. The molecule has 1 heterocycles. The molecule has 0 bridgehead atoms. The van der Waals surface area contributed by atoms with Crippen LogP contribution in [0, 0.1) is 12.8 Å². The van der Waals surface area contributed by atoms with Crippen molar-refractivity contribution in [3.8, 4) is 5.75 Å². The highest BCUT2D eigenvalue weighted by Crippen LogP contribution is 2.34. The molecule has 5 nitrogen and oxygen atoms in total. The Bertz CT molecular complexity index is 804. The van der Waals surface area contributed by atoms with Gasteiger partial charge in [0.1, 0.15) is 5.75 Å². The first-order valence-corrected chi connectivity index (χ1v) is 8.86. The lowest BCUT2D eigenvalue weighted by Crippen LogP contribution is -2.37. The van der Waals surface area contributed by atoms with E-state index < -0.39 is 0 Å². The number of hydrogen-bond donors (Lipinski definition) is 0. The van der Waals surface area contributed by atoms with Gasteiger partial charge in [0.15, 0.2) is 0 Å². The Morgan fingerprint density at radius 3 is 2.62 bits per heavy atom. The quantitative estimate of drug-likeness (QED) is 0.829. The molecule has 0 aromatic heterocycles. The monoisotopic (exact) mass is 352 g/mol. The molecule has 2 amide bonds. The average Bonchev–Trinajstić information content (AvgIpc) is 3.04. The number of para-hydroxylation sites is 1. The summed E-state index contributed by atoms with van der Waals surface area (Å²) < 4.78 is 5.41. The number of benzene rings is 2. The summed E-state index contributed by atoms with van der Waals surface area (Å²) in [7, 11) is 1.59. The fourth-order valence-corrected chi connectivity index (χ4v) is 3.41. The third-order valence-corrected chi connectivity index (χ3v) is 4.75. The number of hydrogen-bond acceptors (Lipinski definition) is 3. The molecular formula is C21H24N2O3. The number of ether oxygens (including phenoxy) is 1. The first kappa shape index (κ1) is 18.0. The summed E-state index contributed by atoms with van der Waals surface area (Å²) in [6.45, 7) is 4.87. The van der Waals surface area contributed by atoms with Crippen LogP contribution < -0.4 is 14.5 Å². The van der Waals surface area contributed by atoms with Crippen LogP contribution in [0.1, 0.15) is 18.9 Å². The Balaban J connectivity index is 1.83. The van der Waals surface area contributed by atoms with Gasteiger partial charge in [0.05, 0.1) is 18.7 Å². The van der Waals surface area contributed by atoms with Crippen molar-refractivity contribution in [1.29, 1.82) is 0 Å². The van der Waals surface area contributed by atoms with Gasteiger partial charge in [0.25, 0.3) is 0 Å². The van der Waals surface area contributed by atoms with E-state index in [1.165, 1.54) is 0 Å². The molecule has 0 spiro atoms. The van der Waals surface area contributed by atoms with Crippen LogP contribution in [0.5, 0.6) is 5.75 Å². The standard InChI is InChI=1S/C21H24N2O3/c1-4-22(17-8-6-5-7-9-17)21(25)16-13-20(24)23(14-16)18-12-15(2)10-11-19(18)26-3/h5-12,16H,4,13-14H2,1-3H3. The molecule has 0 aliphatic carbocycles. The summed E-state index contributed by atoms with van der Waals surface area (Å²) in [5.41, 5.74) is 2.64. The highest BCUT2D eigenvalue weighted by molar-refractivity contribution is 6.05. The Morgan fingerprint density at radius 1 is 1.23 bits per heavy atom. The Morgan fingerprint density at radius 2 is 1.96 bits per heavy atom. The smallest absolute Gasteiger partial charge is 0.232 e. The molecule has 1 atom stereocenters. The minimum absolute atomic E-state index is 0.0128. The van der Waals surface area contributed by atoms with Gasteiger partial charge in [-0.25, -0.2) is 0 Å². The van der Waals surface area contributed by atoms with Crippen LogP contribution in [-0.4, -0.2) is 32.0 Å². The van der Waals surface area contributed by atoms with Gasteiger partial charge < -0.3 is 14.5 Å². The number of amides is 2. The molecule has 0 N–H and O–H groups in total. The van der Waals surface area contributed by atoms with Crippen LogP contribution in [0.2, 0.25) is 0 Å². The lowest BCUT2D eigenvalue weighted by atomic mass is 10.1. The van der Waals surface area contributed by atoms with E-state index in [1.54, 1.807) is 16.9 Å². The fourth-order valence-electron chi connectivity index (χ4n) is 3.41. The Kier molecular flexibility index (Phi) is 5.26. The predicted molar refractivity (Wildman–Crippen MR) is 103 cm³/mol. The summed E-state index contributed by atoms with van der Waals surface area (Å²) in [4.78, 5) is 29.1. The van der Waals surface area contributed by atoms with Crippen LogP contribution in [0.4, 0.5) is 11.4 Å². The number of rotatable bonds is 5. The van der Waals surface area contributed by atoms with E-state index in [0.29, 0.717) is 18.8 Å². The number of nitrogens with zero attached hydrogens (tertiary/aromatic N) is 2.